The average molecular weight is 436 g/mol. The van der Waals surface area contributed by atoms with Crippen LogP contribution in [0.15, 0.2) is 36.5 Å². The molecule has 2 saturated heterocycles. The largest absolute Gasteiger partial charge is 0.385 e. The predicted octanol–water partition coefficient (Wildman–Crippen LogP) is 2.74. The van der Waals surface area contributed by atoms with Gasteiger partial charge in [0.05, 0.1) is 5.56 Å². The minimum absolute atomic E-state index is 0.00889. The molecular weight excluding hydrogens is 406 g/mol. The highest BCUT2D eigenvalue weighted by molar-refractivity contribution is 6.02. The zero-order valence-electron chi connectivity index (χ0n) is 18.4. The van der Waals surface area contributed by atoms with Crippen molar-refractivity contribution in [3.63, 3.8) is 0 Å². The third-order valence-electron chi connectivity index (χ3n) is 6.40. The molecule has 2 atom stereocenters. The number of nitrogens with two attached hydrogens (primary N) is 1. The maximum absolute atomic E-state index is 12.9. The number of anilines is 2. The van der Waals surface area contributed by atoms with Gasteiger partial charge in [-0.1, -0.05) is 0 Å². The molecule has 4 N–H and O–H groups in total. The number of nitrogens with zero attached hydrogens (tertiary/aromatic N) is 2. The minimum Gasteiger partial charge on any atom is -0.385 e. The van der Waals surface area contributed by atoms with Crippen molar-refractivity contribution in [2.45, 2.75) is 57.7 Å². The van der Waals surface area contributed by atoms with Crippen molar-refractivity contribution in [1.82, 2.24) is 10.3 Å². The second-order valence-corrected chi connectivity index (χ2v) is 8.55. The van der Waals surface area contributed by atoms with Gasteiger partial charge in [-0.25, -0.2) is 4.98 Å². The summed E-state index contributed by atoms with van der Waals surface area (Å²) in [4.78, 5) is 42.9. The standard InChI is InChI=1S/C24H29N5O3/c1-3-26-21-10-15(4-8-20(21)23(25)31)24(32)28-17-11-18-6-7-19(12-17)29(18)22-9-5-16(13-27-22)14(2)30/h4-5,8-10,13,17-19,26H,3,6-7,11-12H2,1-2H3,(H2,25,31)(H,28,32). The summed E-state index contributed by atoms with van der Waals surface area (Å²) in [6.45, 7) is 4.08. The van der Waals surface area contributed by atoms with E-state index in [2.05, 4.69) is 20.5 Å². The van der Waals surface area contributed by atoms with Crippen LogP contribution in [0.5, 0.6) is 0 Å². The molecule has 1 aromatic heterocycles. The van der Waals surface area contributed by atoms with Crippen molar-refractivity contribution < 1.29 is 14.4 Å². The summed E-state index contributed by atoms with van der Waals surface area (Å²) in [5.41, 5.74) is 7.50. The van der Waals surface area contributed by atoms with Crippen LogP contribution >= 0.6 is 0 Å². The van der Waals surface area contributed by atoms with Gasteiger partial charge in [-0.05, 0) is 69.9 Å². The van der Waals surface area contributed by atoms with E-state index in [0.29, 0.717) is 41.0 Å². The summed E-state index contributed by atoms with van der Waals surface area (Å²) in [6.07, 6.45) is 5.45. The molecule has 2 aliphatic rings. The Labute approximate surface area is 187 Å². The average Bonchev–Trinajstić information content (AvgIpc) is 3.04. The number of hydrogen-bond acceptors (Lipinski definition) is 6. The molecule has 3 heterocycles. The van der Waals surface area contributed by atoms with Crippen molar-refractivity contribution in [1.29, 1.82) is 0 Å². The molecule has 0 spiro atoms. The Morgan fingerprint density at radius 2 is 1.78 bits per heavy atom. The van der Waals surface area contributed by atoms with Crippen molar-refractivity contribution in [3.05, 3.63) is 53.2 Å². The fraction of sp³-hybridized carbons (Fsp3) is 0.417. The number of primary amides is 1. The lowest BCUT2D eigenvalue weighted by atomic mass is 9.96. The monoisotopic (exact) mass is 435 g/mol. The fourth-order valence-corrected chi connectivity index (χ4v) is 4.92. The number of nitrogens with one attached hydrogen (secondary N) is 2. The van der Waals surface area contributed by atoms with Gasteiger partial charge in [-0.15, -0.1) is 0 Å². The first-order valence-corrected chi connectivity index (χ1v) is 11.1. The number of Topliss-reactive ketones (excluding diaryl/α,β-unsaturated/α-hetero) is 1. The number of amides is 2. The lowest BCUT2D eigenvalue weighted by Gasteiger charge is -2.40. The Hall–Kier alpha value is -3.42. The highest BCUT2D eigenvalue weighted by Gasteiger charge is 2.41. The number of ketones is 1. The third kappa shape index (κ3) is 4.30. The van der Waals surface area contributed by atoms with Crippen LogP contribution in [0.25, 0.3) is 0 Å². The van der Waals surface area contributed by atoms with Crippen LogP contribution in [0.3, 0.4) is 0 Å². The third-order valence-corrected chi connectivity index (χ3v) is 6.40. The molecule has 2 aromatic rings. The summed E-state index contributed by atoms with van der Waals surface area (Å²) < 4.78 is 0. The van der Waals surface area contributed by atoms with Crippen molar-refractivity contribution >= 4 is 29.1 Å². The molecule has 8 heteroatoms. The first-order valence-electron chi connectivity index (χ1n) is 11.1. The number of fused-ring (bicyclic) bond motifs is 2. The second kappa shape index (κ2) is 8.98. The van der Waals surface area contributed by atoms with Crippen LogP contribution in [0.4, 0.5) is 11.5 Å². The zero-order chi connectivity index (χ0) is 22.8. The lowest BCUT2D eigenvalue weighted by molar-refractivity contribution is 0.0924. The predicted molar refractivity (Wildman–Crippen MR) is 123 cm³/mol. The van der Waals surface area contributed by atoms with E-state index >= 15 is 0 Å². The SMILES string of the molecule is CCNc1cc(C(=O)NC2CC3CCC(C2)N3c2ccc(C(C)=O)cn2)ccc1C(N)=O. The van der Waals surface area contributed by atoms with E-state index in [1.165, 1.54) is 6.92 Å². The quantitative estimate of drug-likeness (QED) is 0.576. The van der Waals surface area contributed by atoms with Gasteiger partial charge in [0.25, 0.3) is 11.8 Å². The van der Waals surface area contributed by atoms with Gasteiger partial charge in [0.15, 0.2) is 5.78 Å². The van der Waals surface area contributed by atoms with Crippen LogP contribution < -0.4 is 21.3 Å². The van der Waals surface area contributed by atoms with E-state index in [0.717, 1.165) is 31.5 Å². The molecule has 32 heavy (non-hydrogen) atoms. The number of carbonyl (C=O) groups excluding carboxylic acids is 3. The van der Waals surface area contributed by atoms with E-state index in [1.54, 1.807) is 24.4 Å². The normalized spacial score (nSPS) is 21.8. The molecular formula is C24H29N5O3. The highest BCUT2D eigenvalue weighted by Crippen LogP contribution is 2.38. The number of rotatable bonds is 7. The van der Waals surface area contributed by atoms with Crippen molar-refractivity contribution in [2.75, 3.05) is 16.8 Å². The number of pyridine rings is 1. The van der Waals surface area contributed by atoms with Crippen molar-refractivity contribution in [2.24, 2.45) is 5.73 Å². The molecule has 0 radical (unpaired) electrons. The van der Waals surface area contributed by atoms with Gasteiger partial charge < -0.3 is 21.3 Å². The summed E-state index contributed by atoms with van der Waals surface area (Å²) in [6, 6.07) is 9.36. The van der Waals surface area contributed by atoms with E-state index in [1.807, 2.05) is 19.1 Å². The topological polar surface area (TPSA) is 117 Å². The summed E-state index contributed by atoms with van der Waals surface area (Å²) in [5.74, 6) is 0.225. The number of benzene rings is 1. The molecule has 2 unspecified atom stereocenters. The van der Waals surface area contributed by atoms with Crippen LogP contribution in [0.1, 0.15) is 70.6 Å². The van der Waals surface area contributed by atoms with Gasteiger partial charge in [-0.3, -0.25) is 14.4 Å². The van der Waals surface area contributed by atoms with Gasteiger partial charge in [0.2, 0.25) is 0 Å². The van der Waals surface area contributed by atoms with E-state index in [9.17, 15) is 14.4 Å². The van der Waals surface area contributed by atoms with Gasteiger partial charge >= 0.3 is 0 Å². The van der Waals surface area contributed by atoms with Crippen LogP contribution in [0.2, 0.25) is 0 Å². The van der Waals surface area contributed by atoms with Crippen LogP contribution in [-0.2, 0) is 0 Å². The Kier molecular flexibility index (Phi) is 6.12. The maximum Gasteiger partial charge on any atom is 0.251 e. The molecule has 2 amide bonds. The molecule has 2 fully saturated rings. The number of aromatic nitrogens is 1. The molecule has 0 aliphatic carbocycles. The molecule has 168 valence electrons. The Bertz CT molecular complexity index is 1020. The van der Waals surface area contributed by atoms with E-state index in [-0.39, 0.29) is 17.7 Å². The smallest absolute Gasteiger partial charge is 0.251 e. The first-order chi connectivity index (χ1) is 15.4. The van der Waals surface area contributed by atoms with Gasteiger partial charge in [-0.2, -0.15) is 0 Å². The maximum atomic E-state index is 12.9. The highest BCUT2D eigenvalue weighted by atomic mass is 16.2. The molecule has 2 aliphatic heterocycles. The van der Waals surface area contributed by atoms with Gasteiger partial charge in [0, 0.05) is 47.7 Å². The summed E-state index contributed by atoms with van der Waals surface area (Å²) in [5, 5.41) is 6.28. The van der Waals surface area contributed by atoms with Crippen LogP contribution in [-0.4, -0.2) is 47.3 Å². The Morgan fingerprint density at radius 1 is 1.09 bits per heavy atom. The molecule has 4 rings (SSSR count). The number of piperidine rings is 1. The van der Waals surface area contributed by atoms with E-state index in [4.69, 9.17) is 5.73 Å². The van der Waals surface area contributed by atoms with Crippen molar-refractivity contribution in [3.8, 4) is 0 Å². The fourth-order valence-electron chi connectivity index (χ4n) is 4.92. The molecule has 1 aromatic carbocycles. The van der Waals surface area contributed by atoms with Gasteiger partial charge in [0.1, 0.15) is 5.82 Å². The number of hydrogen-bond donors (Lipinski definition) is 3. The molecule has 2 bridgehead atoms. The van der Waals surface area contributed by atoms with E-state index < -0.39 is 5.91 Å². The Balaban J connectivity index is 1.44. The zero-order valence-corrected chi connectivity index (χ0v) is 18.4. The Morgan fingerprint density at radius 3 is 2.34 bits per heavy atom. The number of carbonyl (C=O) groups is 3. The van der Waals surface area contributed by atoms with Crippen LogP contribution in [0, 0.1) is 0 Å². The second-order valence-electron chi connectivity index (χ2n) is 8.55. The minimum atomic E-state index is -0.526. The summed E-state index contributed by atoms with van der Waals surface area (Å²) in [7, 11) is 0. The molecule has 8 nitrogen and oxygen atoms in total. The lowest BCUT2D eigenvalue weighted by Crippen LogP contribution is -2.50. The first kappa shape index (κ1) is 21.8. The molecule has 0 saturated carbocycles. The summed E-state index contributed by atoms with van der Waals surface area (Å²) >= 11 is 0.